The van der Waals surface area contributed by atoms with Crippen LogP contribution in [0.4, 0.5) is 5.88 Å². The highest BCUT2D eigenvalue weighted by Gasteiger charge is 2.15. The van der Waals surface area contributed by atoms with Gasteiger partial charge in [0.2, 0.25) is 0 Å². The number of carbonyl (C=O) groups is 1. The van der Waals surface area contributed by atoms with Gasteiger partial charge in [-0.2, -0.15) is 0 Å². The van der Waals surface area contributed by atoms with Crippen LogP contribution < -0.4 is 16.2 Å². The van der Waals surface area contributed by atoms with Crippen molar-refractivity contribution in [2.24, 2.45) is 0 Å². The summed E-state index contributed by atoms with van der Waals surface area (Å²) in [6, 6.07) is 2.98. The zero-order valence-corrected chi connectivity index (χ0v) is 12.5. The van der Waals surface area contributed by atoms with Crippen molar-refractivity contribution in [3.05, 3.63) is 34.1 Å². The highest BCUT2D eigenvalue weighted by molar-refractivity contribution is 7.80. The lowest BCUT2D eigenvalue weighted by atomic mass is 10.3. The molecule has 3 N–H and O–H groups in total. The summed E-state index contributed by atoms with van der Waals surface area (Å²) in [4.78, 5) is 21.4. The van der Waals surface area contributed by atoms with Gasteiger partial charge in [-0.3, -0.25) is 25.8 Å². The Morgan fingerprint density at radius 2 is 2.09 bits per heavy atom. The zero-order valence-electron chi connectivity index (χ0n) is 11.7. The number of rotatable bonds is 4. The van der Waals surface area contributed by atoms with E-state index in [9.17, 15) is 14.9 Å². The maximum absolute atomic E-state index is 11.6. The van der Waals surface area contributed by atoms with E-state index in [2.05, 4.69) is 16.2 Å². The van der Waals surface area contributed by atoms with Crippen LogP contribution in [0.25, 0.3) is 6.08 Å². The smallest absolute Gasteiger partial charge is 0.401 e. The van der Waals surface area contributed by atoms with Crippen LogP contribution in [0.15, 0.2) is 22.6 Å². The molecular formula is C13H16N4O4S. The van der Waals surface area contributed by atoms with E-state index in [1.807, 2.05) is 0 Å². The minimum atomic E-state index is -0.647. The van der Waals surface area contributed by atoms with Crippen molar-refractivity contribution in [3.63, 3.8) is 0 Å². The Kier molecular flexibility index (Phi) is 5.48. The van der Waals surface area contributed by atoms with Gasteiger partial charge in [-0.25, -0.2) is 0 Å². The number of carbonyl (C=O) groups excluding carboxylic acids is 1. The van der Waals surface area contributed by atoms with Gasteiger partial charge in [0, 0.05) is 12.1 Å². The van der Waals surface area contributed by atoms with Gasteiger partial charge in [-0.05, 0) is 37.2 Å². The third-order valence-electron chi connectivity index (χ3n) is 3.18. The van der Waals surface area contributed by atoms with Crippen LogP contribution >= 0.6 is 12.2 Å². The van der Waals surface area contributed by atoms with Gasteiger partial charge >= 0.3 is 5.88 Å². The average Bonchev–Trinajstić information content (AvgIpc) is 3.14. The van der Waals surface area contributed by atoms with Crippen molar-refractivity contribution in [2.75, 3.05) is 0 Å². The van der Waals surface area contributed by atoms with Crippen LogP contribution in [0, 0.1) is 10.1 Å². The molecule has 1 saturated carbocycles. The normalized spacial score (nSPS) is 14.9. The van der Waals surface area contributed by atoms with Gasteiger partial charge in [0.25, 0.3) is 5.91 Å². The highest BCUT2D eigenvalue weighted by Crippen LogP contribution is 2.17. The molecule has 1 aromatic heterocycles. The third kappa shape index (κ3) is 4.85. The van der Waals surface area contributed by atoms with E-state index >= 15 is 0 Å². The molecule has 0 aromatic carbocycles. The first-order valence-electron chi connectivity index (χ1n) is 6.83. The first-order chi connectivity index (χ1) is 10.5. The number of thiocarbonyl (C=S) groups is 1. The van der Waals surface area contributed by atoms with Crippen LogP contribution in [0.2, 0.25) is 0 Å². The molecule has 1 aliphatic rings. The summed E-state index contributed by atoms with van der Waals surface area (Å²) in [5.74, 6) is -0.608. The summed E-state index contributed by atoms with van der Waals surface area (Å²) in [6.07, 6.45) is 7.04. The van der Waals surface area contributed by atoms with E-state index in [1.54, 1.807) is 0 Å². The molecule has 22 heavy (non-hydrogen) atoms. The van der Waals surface area contributed by atoms with Crippen molar-refractivity contribution >= 4 is 35.2 Å². The Morgan fingerprint density at radius 1 is 1.36 bits per heavy atom. The summed E-state index contributed by atoms with van der Waals surface area (Å²) in [7, 11) is 0. The van der Waals surface area contributed by atoms with E-state index < -0.39 is 10.8 Å². The lowest BCUT2D eigenvalue weighted by molar-refractivity contribution is -0.402. The van der Waals surface area contributed by atoms with E-state index in [-0.39, 0.29) is 11.6 Å². The minimum Gasteiger partial charge on any atom is -0.401 e. The molecule has 2 rings (SSSR count). The number of hydrazine groups is 1. The number of amides is 1. The van der Waals surface area contributed by atoms with Gasteiger partial charge in [0.05, 0.1) is 6.07 Å². The SMILES string of the molecule is O=C(/C=C/c1ccc([N+](=O)[O-])o1)NNC(=S)NC1CCCC1. The topological polar surface area (TPSA) is 109 Å². The molecule has 1 fully saturated rings. The van der Waals surface area contributed by atoms with Crippen LogP contribution in [0.1, 0.15) is 31.4 Å². The van der Waals surface area contributed by atoms with E-state index in [4.69, 9.17) is 16.6 Å². The molecular weight excluding hydrogens is 308 g/mol. The molecule has 0 aliphatic heterocycles. The summed E-state index contributed by atoms with van der Waals surface area (Å²) in [6.45, 7) is 0. The first-order valence-corrected chi connectivity index (χ1v) is 7.24. The fourth-order valence-electron chi connectivity index (χ4n) is 2.14. The van der Waals surface area contributed by atoms with Crippen LogP contribution in [0.3, 0.4) is 0 Å². The molecule has 0 atom stereocenters. The molecule has 1 aliphatic carbocycles. The van der Waals surface area contributed by atoms with Gasteiger partial charge < -0.3 is 9.73 Å². The fourth-order valence-corrected chi connectivity index (χ4v) is 2.36. The van der Waals surface area contributed by atoms with Crippen molar-refractivity contribution in [1.82, 2.24) is 16.2 Å². The maximum atomic E-state index is 11.6. The predicted octanol–water partition coefficient (Wildman–Crippen LogP) is 1.64. The lowest BCUT2D eigenvalue weighted by Crippen LogP contribution is -2.48. The third-order valence-corrected chi connectivity index (χ3v) is 3.40. The summed E-state index contributed by atoms with van der Waals surface area (Å²) in [5.41, 5.74) is 5.00. The molecule has 118 valence electrons. The number of nitrogens with zero attached hydrogens (tertiary/aromatic N) is 1. The number of hydrogen-bond donors (Lipinski definition) is 3. The molecule has 1 aromatic rings. The number of nitro groups is 1. The van der Waals surface area contributed by atoms with E-state index in [0.717, 1.165) is 12.8 Å². The van der Waals surface area contributed by atoms with Gasteiger partial charge in [-0.15, -0.1) is 0 Å². The monoisotopic (exact) mass is 324 g/mol. The summed E-state index contributed by atoms with van der Waals surface area (Å²) < 4.78 is 4.89. The molecule has 9 heteroatoms. The summed E-state index contributed by atoms with van der Waals surface area (Å²) >= 11 is 5.06. The molecule has 1 amide bonds. The average molecular weight is 324 g/mol. The Hall–Kier alpha value is -2.42. The van der Waals surface area contributed by atoms with Crippen molar-refractivity contribution in [3.8, 4) is 0 Å². The Morgan fingerprint density at radius 3 is 2.73 bits per heavy atom. The molecule has 0 bridgehead atoms. The maximum Gasteiger partial charge on any atom is 0.433 e. The lowest BCUT2D eigenvalue weighted by Gasteiger charge is -2.15. The second kappa shape index (κ2) is 7.55. The molecule has 0 saturated heterocycles. The van der Waals surface area contributed by atoms with Crippen molar-refractivity contribution in [2.45, 2.75) is 31.7 Å². The van der Waals surface area contributed by atoms with E-state index in [0.29, 0.717) is 11.2 Å². The first kappa shape index (κ1) is 16.0. The van der Waals surface area contributed by atoms with Crippen LogP contribution in [-0.4, -0.2) is 22.0 Å². The minimum absolute atomic E-state index is 0.216. The number of nitrogens with one attached hydrogen (secondary N) is 3. The van der Waals surface area contributed by atoms with E-state index in [1.165, 1.54) is 37.1 Å². The van der Waals surface area contributed by atoms with Crippen LogP contribution in [0.5, 0.6) is 0 Å². The zero-order chi connectivity index (χ0) is 15.9. The Labute approximate surface area is 132 Å². The fraction of sp³-hybridized carbons (Fsp3) is 0.385. The van der Waals surface area contributed by atoms with Crippen LogP contribution in [-0.2, 0) is 4.79 Å². The second-order valence-corrected chi connectivity index (χ2v) is 5.24. The van der Waals surface area contributed by atoms with Crippen molar-refractivity contribution in [1.29, 1.82) is 0 Å². The molecule has 0 spiro atoms. The largest absolute Gasteiger partial charge is 0.433 e. The number of furan rings is 1. The molecule has 0 unspecified atom stereocenters. The highest BCUT2D eigenvalue weighted by atomic mass is 32.1. The standard InChI is InChI=1S/C13H16N4O4S/c18-11(7-5-10-6-8-12(21-10)17(19)20)15-16-13(22)14-9-3-1-2-4-9/h5-9H,1-4H2,(H,15,18)(H2,14,16,22)/b7-5+. The quantitative estimate of drug-likeness (QED) is 0.334. The van der Waals surface area contributed by atoms with Gasteiger partial charge in [0.15, 0.2) is 5.11 Å². The Balaban J connectivity index is 1.73. The summed E-state index contributed by atoms with van der Waals surface area (Å²) in [5, 5.41) is 13.9. The molecule has 8 nitrogen and oxygen atoms in total. The van der Waals surface area contributed by atoms with Gasteiger partial charge in [-0.1, -0.05) is 12.8 Å². The molecule has 0 radical (unpaired) electrons. The molecule has 1 heterocycles. The van der Waals surface area contributed by atoms with Gasteiger partial charge in [0.1, 0.15) is 10.7 Å². The van der Waals surface area contributed by atoms with Crippen molar-refractivity contribution < 1.29 is 14.1 Å². The predicted molar refractivity (Wildman–Crippen MR) is 83.7 cm³/mol. The second-order valence-electron chi connectivity index (χ2n) is 4.84. The Bertz CT molecular complexity index is 593. The number of hydrogen-bond acceptors (Lipinski definition) is 5.